The number of hydrogen-bond acceptors (Lipinski definition) is 6. The minimum absolute atomic E-state index is 0.000330. The summed E-state index contributed by atoms with van der Waals surface area (Å²) >= 11 is 0. The summed E-state index contributed by atoms with van der Waals surface area (Å²) in [4.78, 5) is 27.8. The quantitative estimate of drug-likeness (QED) is 0.647. The number of benzene rings is 2. The Morgan fingerprint density at radius 1 is 1.06 bits per heavy atom. The van der Waals surface area contributed by atoms with Crippen molar-refractivity contribution in [3.8, 4) is 23.0 Å². The van der Waals surface area contributed by atoms with Crippen LogP contribution < -0.4 is 29.6 Å². The van der Waals surface area contributed by atoms with Crippen molar-refractivity contribution in [3.63, 3.8) is 0 Å². The molecule has 4 rings (SSSR count). The van der Waals surface area contributed by atoms with E-state index in [0.29, 0.717) is 42.6 Å². The molecule has 0 saturated carbocycles. The van der Waals surface area contributed by atoms with E-state index in [0.717, 1.165) is 11.1 Å². The van der Waals surface area contributed by atoms with Gasteiger partial charge in [0.1, 0.15) is 11.5 Å². The number of nitrogens with one attached hydrogen (secondary N) is 2. The molecule has 2 aromatic carbocycles. The standard InChI is InChI=1S/C25H31N3O6/c1-15(2)27-25(30)28-12-19(18-7-6-17(31-3)10-22(18)32-4)20(13-28)24(29)26-11-16-5-8-21-23(9-16)34-14-33-21/h5-10,15,19-20H,11-14H2,1-4H3,(H,26,29)(H,27,30). The molecule has 2 heterocycles. The van der Waals surface area contributed by atoms with Crippen LogP contribution in [0.5, 0.6) is 23.0 Å². The normalized spacial score (nSPS) is 18.7. The van der Waals surface area contributed by atoms with Crippen molar-refractivity contribution in [2.75, 3.05) is 34.1 Å². The highest BCUT2D eigenvalue weighted by Gasteiger charge is 2.41. The van der Waals surface area contributed by atoms with E-state index in [1.807, 2.05) is 44.2 Å². The third-order valence-electron chi connectivity index (χ3n) is 6.10. The van der Waals surface area contributed by atoms with Crippen molar-refractivity contribution in [1.82, 2.24) is 15.5 Å². The van der Waals surface area contributed by atoms with E-state index in [4.69, 9.17) is 18.9 Å². The number of ether oxygens (including phenoxy) is 4. The molecule has 2 aliphatic heterocycles. The zero-order chi connectivity index (χ0) is 24.2. The third kappa shape index (κ3) is 4.98. The van der Waals surface area contributed by atoms with Crippen LogP contribution in [0.25, 0.3) is 0 Å². The summed E-state index contributed by atoms with van der Waals surface area (Å²) in [7, 11) is 3.18. The lowest BCUT2D eigenvalue weighted by Crippen LogP contribution is -2.42. The Balaban J connectivity index is 1.54. The Morgan fingerprint density at radius 2 is 1.85 bits per heavy atom. The lowest BCUT2D eigenvalue weighted by atomic mass is 9.87. The first-order valence-electron chi connectivity index (χ1n) is 11.3. The predicted octanol–water partition coefficient (Wildman–Crippen LogP) is 2.88. The largest absolute Gasteiger partial charge is 0.497 e. The van der Waals surface area contributed by atoms with Crippen molar-refractivity contribution in [2.45, 2.75) is 32.4 Å². The minimum Gasteiger partial charge on any atom is -0.497 e. The van der Waals surface area contributed by atoms with Gasteiger partial charge in [-0.25, -0.2) is 4.79 Å². The average Bonchev–Trinajstić information content (AvgIpc) is 3.48. The van der Waals surface area contributed by atoms with Gasteiger partial charge >= 0.3 is 6.03 Å². The van der Waals surface area contributed by atoms with Crippen LogP contribution in [0.2, 0.25) is 0 Å². The molecule has 9 heteroatoms. The number of carbonyl (C=O) groups excluding carboxylic acids is 2. The highest BCUT2D eigenvalue weighted by atomic mass is 16.7. The third-order valence-corrected chi connectivity index (χ3v) is 6.10. The summed E-state index contributed by atoms with van der Waals surface area (Å²) in [5.41, 5.74) is 1.77. The van der Waals surface area contributed by atoms with E-state index >= 15 is 0 Å². The molecule has 0 aromatic heterocycles. The Bertz CT molecular complexity index is 1060. The molecule has 0 aliphatic carbocycles. The van der Waals surface area contributed by atoms with Crippen molar-refractivity contribution < 1.29 is 28.5 Å². The van der Waals surface area contributed by atoms with Gasteiger partial charge in [-0.05, 0) is 37.6 Å². The number of hydrogen-bond donors (Lipinski definition) is 2. The van der Waals surface area contributed by atoms with Crippen LogP contribution in [-0.4, -0.2) is 57.0 Å². The maximum absolute atomic E-state index is 13.4. The summed E-state index contributed by atoms with van der Waals surface area (Å²) in [5.74, 6) is 1.88. The number of likely N-dealkylation sites (tertiary alicyclic amines) is 1. The lowest BCUT2D eigenvalue weighted by molar-refractivity contribution is -0.125. The molecule has 9 nitrogen and oxygen atoms in total. The van der Waals surface area contributed by atoms with E-state index in [2.05, 4.69) is 10.6 Å². The minimum atomic E-state index is -0.436. The van der Waals surface area contributed by atoms with Crippen LogP contribution >= 0.6 is 0 Å². The van der Waals surface area contributed by atoms with Crippen LogP contribution in [-0.2, 0) is 11.3 Å². The maximum atomic E-state index is 13.4. The van der Waals surface area contributed by atoms with Gasteiger partial charge < -0.3 is 34.5 Å². The summed E-state index contributed by atoms with van der Waals surface area (Å²) in [6.45, 7) is 5.08. The molecule has 2 atom stereocenters. The highest BCUT2D eigenvalue weighted by Crippen LogP contribution is 2.39. The Kier molecular flexibility index (Phi) is 7.00. The number of amides is 3. The maximum Gasteiger partial charge on any atom is 0.317 e. The number of nitrogens with zero attached hydrogens (tertiary/aromatic N) is 1. The zero-order valence-electron chi connectivity index (χ0n) is 19.9. The molecule has 3 amide bonds. The fourth-order valence-electron chi connectivity index (χ4n) is 4.38. The van der Waals surface area contributed by atoms with E-state index in [1.165, 1.54) is 0 Å². The zero-order valence-corrected chi connectivity index (χ0v) is 19.9. The molecule has 0 bridgehead atoms. The van der Waals surface area contributed by atoms with E-state index in [1.54, 1.807) is 25.2 Å². The van der Waals surface area contributed by atoms with Crippen molar-refractivity contribution >= 4 is 11.9 Å². The molecular formula is C25H31N3O6. The van der Waals surface area contributed by atoms with Gasteiger partial charge in [0, 0.05) is 43.2 Å². The summed E-state index contributed by atoms with van der Waals surface area (Å²) in [6, 6.07) is 11.0. The first kappa shape index (κ1) is 23.5. The predicted molar refractivity (Wildman–Crippen MR) is 125 cm³/mol. The van der Waals surface area contributed by atoms with Crippen LogP contribution in [0.4, 0.5) is 4.79 Å². The first-order chi connectivity index (χ1) is 16.4. The molecule has 2 unspecified atom stereocenters. The van der Waals surface area contributed by atoms with Crippen molar-refractivity contribution in [2.24, 2.45) is 5.92 Å². The van der Waals surface area contributed by atoms with Gasteiger partial charge in [-0.2, -0.15) is 0 Å². The van der Waals surface area contributed by atoms with E-state index in [-0.39, 0.29) is 30.7 Å². The molecule has 0 spiro atoms. The van der Waals surface area contributed by atoms with Crippen LogP contribution in [0, 0.1) is 5.92 Å². The van der Waals surface area contributed by atoms with Crippen molar-refractivity contribution in [3.05, 3.63) is 47.5 Å². The molecule has 2 N–H and O–H groups in total. The van der Waals surface area contributed by atoms with Gasteiger partial charge in [0.2, 0.25) is 12.7 Å². The van der Waals surface area contributed by atoms with Crippen molar-refractivity contribution in [1.29, 1.82) is 0 Å². The van der Waals surface area contributed by atoms with Gasteiger partial charge in [0.15, 0.2) is 11.5 Å². The van der Waals surface area contributed by atoms with Crippen LogP contribution in [0.15, 0.2) is 36.4 Å². The number of fused-ring (bicyclic) bond motifs is 1. The monoisotopic (exact) mass is 469 g/mol. The molecular weight excluding hydrogens is 438 g/mol. The second-order valence-corrected chi connectivity index (χ2v) is 8.74. The van der Waals surface area contributed by atoms with E-state index < -0.39 is 5.92 Å². The molecule has 34 heavy (non-hydrogen) atoms. The lowest BCUT2D eigenvalue weighted by Gasteiger charge is -2.21. The summed E-state index contributed by atoms with van der Waals surface area (Å²) in [5, 5.41) is 5.96. The fraction of sp³-hybridized carbons (Fsp3) is 0.440. The average molecular weight is 470 g/mol. The molecule has 2 aliphatic rings. The van der Waals surface area contributed by atoms with Gasteiger partial charge in [0.05, 0.1) is 20.1 Å². The molecule has 0 radical (unpaired) electrons. The van der Waals surface area contributed by atoms with Crippen LogP contribution in [0.3, 0.4) is 0 Å². The summed E-state index contributed by atoms with van der Waals surface area (Å²) in [6.07, 6.45) is 0. The first-order valence-corrected chi connectivity index (χ1v) is 11.3. The molecule has 1 fully saturated rings. The molecule has 2 aromatic rings. The SMILES string of the molecule is COc1ccc(C2CN(C(=O)NC(C)C)CC2C(=O)NCc2ccc3c(c2)OCO3)c(OC)c1. The van der Waals surface area contributed by atoms with E-state index in [9.17, 15) is 9.59 Å². The smallest absolute Gasteiger partial charge is 0.317 e. The second-order valence-electron chi connectivity index (χ2n) is 8.74. The highest BCUT2D eigenvalue weighted by molar-refractivity contribution is 5.83. The van der Waals surface area contributed by atoms with Crippen LogP contribution in [0.1, 0.15) is 30.9 Å². The van der Waals surface area contributed by atoms with Gasteiger partial charge in [-0.1, -0.05) is 12.1 Å². The van der Waals surface area contributed by atoms with Gasteiger partial charge in [-0.15, -0.1) is 0 Å². The van der Waals surface area contributed by atoms with Gasteiger partial charge in [0.25, 0.3) is 0 Å². The number of urea groups is 1. The number of carbonyl (C=O) groups is 2. The van der Waals surface area contributed by atoms with Gasteiger partial charge in [-0.3, -0.25) is 4.79 Å². The second kappa shape index (κ2) is 10.1. The number of rotatable bonds is 7. The molecule has 182 valence electrons. The molecule has 1 saturated heterocycles. The summed E-state index contributed by atoms with van der Waals surface area (Å²) < 4.78 is 21.7. The Morgan fingerprint density at radius 3 is 2.59 bits per heavy atom. The Labute approximate surface area is 199 Å². The number of methoxy groups -OCH3 is 2. The Hall–Kier alpha value is -3.62. The fourth-order valence-corrected chi connectivity index (χ4v) is 4.38. The topological polar surface area (TPSA) is 98.4 Å².